The van der Waals surface area contributed by atoms with Crippen LogP contribution in [0.25, 0.3) is 0 Å². The van der Waals surface area contributed by atoms with Gasteiger partial charge in [0, 0.05) is 5.56 Å². The Morgan fingerprint density at radius 2 is 1.89 bits per heavy atom. The van der Waals surface area contributed by atoms with Gasteiger partial charge in [-0.3, -0.25) is 5.41 Å². The fourth-order valence-electron chi connectivity index (χ4n) is 1.70. The van der Waals surface area contributed by atoms with Gasteiger partial charge in [-0.1, -0.05) is 12.1 Å². The van der Waals surface area contributed by atoms with Crippen LogP contribution >= 0.6 is 0 Å². The van der Waals surface area contributed by atoms with Gasteiger partial charge in [0.1, 0.15) is 5.71 Å². The summed E-state index contributed by atoms with van der Waals surface area (Å²) in [5.41, 5.74) is 0.0883. The molecule has 1 aliphatic rings. The molecule has 0 atom stereocenters. The number of benzene rings is 1. The van der Waals surface area contributed by atoms with Gasteiger partial charge < -0.3 is 4.74 Å². The van der Waals surface area contributed by atoms with E-state index in [1.54, 1.807) is 6.92 Å². The minimum Gasteiger partial charge on any atom is -0.461 e. The molecular weight excluding hydrogens is 266 g/mol. The van der Waals surface area contributed by atoms with Gasteiger partial charge in [-0.15, -0.1) is 0 Å². The van der Waals surface area contributed by atoms with Crippen molar-refractivity contribution in [2.45, 2.75) is 29.9 Å². The predicted molar refractivity (Wildman–Crippen MR) is 70.1 cm³/mol. The summed E-state index contributed by atoms with van der Waals surface area (Å²) in [6, 6.07) is 5.82. The zero-order valence-corrected chi connectivity index (χ0v) is 11.4. The van der Waals surface area contributed by atoms with Gasteiger partial charge in [0.25, 0.3) is 0 Å². The van der Waals surface area contributed by atoms with Gasteiger partial charge in [-0.25, -0.2) is 13.2 Å². The van der Waals surface area contributed by atoms with Crippen LogP contribution in [-0.2, 0) is 19.4 Å². The Kier molecular flexibility index (Phi) is 3.71. The van der Waals surface area contributed by atoms with Crippen molar-refractivity contribution in [3.05, 3.63) is 29.8 Å². The highest BCUT2D eigenvalue weighted by atomic mass is 32.2. The fraction of sp³-hybridized carbons (Fsp3) is 0.385. The van der Waals surface area contributed by atoms with E-state index in [1.165, 1.54) is 24.3 Å². The minimum atomic E-state index is -3.23. The minimum absolute atomic E-state index is 0.204. The average Bonchev–Trinajstić information content (AvgIpc) is 3.23. The highest BCUT2D eigenvalue weighted by molar-refractivity contribution is 7.92. The molecule has 1 N–H and O–H groups in total. The van der Waals surface area contributed by atoms with Crippen LogP contribution in [0.1, 0.15) is 25.3 Å². The van der Waals surface area contributed by atoms with Gasteiger partial charge in [0.15, 0.2) is 9.84 Å². The van der Waals surface area contributed by atoms with E-state index in [1.807, 2.05) is 0 Å². The third-order valence-corrected chi connectivity index (χ3v) is 5.19. The van der Waals surface area contributed by atoms with Crippen LogP contribution in [0.3, 0.4) is 0 Å². The van der Waals surface area contributed by atoms with Crippen molar-refractivity contribution in [3.63, 3.8) is 0 Å². The van der Waals surface area contributed by atoms with Crippen molar-refractivity contribution in [1.82, 2.24) is 0 Å². The maximum atomic E-state index is 12.0. The lowest BCUT2D eigenvalue weighted by molar-refractivity contribution is -0.135. The summed E-state index contributed by atoms with van der Waals surface area (Å²) < 4.78 is 28.7. The SMILES string of the molecule is CCOC(=O)C(=N)c1ccc(S(=O)(=O)C2CC2)cc1. The second kappa shape index (κ2) is 5.13. The number of ether oxygens (including phenoxy) is 1. The van der Waals surface area contributed by atoms with Crippen molar-refractivity contribution in [1.29, 1.82) is 5.41 Å². The topological polar surface area (TPSA) is 84.3 Å². The summed E-state index contributed by atoms with van der Waals surface area (Å²) in [4.78, 5) is 11.6. The molecule has 2 rings (SSSR count). The quantitative estimate of drug-likeness (QED) is 0.655. The summed E-state index contributed by atoms with van der Waals surface area (Å²) in [5.74, 6) is -0.708. The van der Waals surface area contributed by atoms with E-state index in [9.17, 15) is 13.2 Å². The summed E-state index contributed by atoms with van der Waals surface area (Å²) in [7, 11) is -3.23. The monoisotopic (exact) mass is 281 g/mol. The molecule has 0 amide bonds. The Labute approximate surface area is 112 Å². The molecular formula is C13H15NO4S. The van der Waals surface area contributed by atoms with E-state index in [2.05, 4.69) is 0 Å². The standard InChI is InChI=1S/C13H15NO4S/c1-2-18-13(15)12(14)9-3-5-10(6-4-9)19(16,17)11-7-8-11/h3-6,11,14H,2,7-8H2,1H3. The van der Waals surface area contributed by atoms with E-state index < -0.39 is 15.8 Å². The van der Waals surface area contributed by atoms with Crippen LogP contribution in [0.5, 0.6) is 0 Å². The van der Waals surface area contributed by atoms with Crippen LogP contribution in [0, 0.1) is 5.41 Å². The molecule has 102 valence electrons. The predicted octanol–water partition coefficient (Wildman–Crippen LogP) is 1.55. The lowest BCUT2D eigenvalue weighted by Gasteiger charge is -2.06. The lowest BCUT2D eigenvalue weighted by Crippen LogP contribution is -2.17. The van der Waals surface area contributed by atoms with Crippen molar-refractivity contribution in [3.8, 4) is 0 Å². The molecule has 0 bridgehead atoms. The molecule has 0 heterocycles. The number of sulfone groups is 1. The lowest BCUT2D eigenvalue weighted by atomic mass is 10.1. The van der Waals surface area contributed by atoms with Gasteiger partial charge in [-0.05, 0) is 31.9 Å². The molecule has 1 aromatic rings. The molecule has 1 fully saturated rings. The molecule has 0 saturated heterocycles. The Morgan fingerprint density at radius 1 is 1.32 bits per heavy atom. The fourth-order valence-corrected chi connectivity index (χ4v) is 3.36. The number of hydrogen-bond donors (Lipinski definition) is 1. The van der Waals surface area contributed by atoms with E-state index in [0.717, 1.165) is 0 Å². The third kappa shape index (κ3) is 2.84. The first kappa shape index (κ1) is 13.7. The summed E-state index contributed by atoms with van der Waals surface area (Å²) in [6.45, 7) is 1.87. The second-order valence-electron chi connectivity index (χ2n) is 4.36. The highest BCUT2D eigenvalue weighted by Crippen LogP contribution is 2.33. The molecule has 0 unspecified atom stereocenters. The molecule has 19 heavy (non-hydrogen) atoms. The number of carbonyl (C=O) groups excluding carboxylic acids is 1. The first-order valence-electron chi connectivity index (χ1n) is 6.07. The van der Waals surface area contributed by atoms with Crippen LogP contribution in [0.2, 0.25) is 0 Å². The van der Waals surface area contributed by atoms with Gasteiger partial charge in [-0.2, -0.15) is 0 Å². The van der Waals surface area contributed by atoms with Crippen LogP contribution in [0.4, 0.5) is 0 Å². The van der Waals surface area contributed by atoms with E-state index in [-0.39, 0.29) is 22.5 Å². The first-order chi connectivity index (χ1) is 8.96. The molecule has 6 heteroatoms. The summed E-state index contributed by atoms with van der Waals surface area (Å²) >= 11 is 0. The number of esters is 1. The number of rotatable bonds is 5. The molecule has 5 nitrogen and oxygen atoms in total. The molecule has 0 aromatic heterocycles. The van der Waals surface area contributed by atoms with Crippen molar-refractivity contribution < 1.29 is 17.9 Å². The van der Waals surface area contributed by atoms with E-state index >= 15 is 0 Å². The molecule has 0 aliphatic heterocycles. The molecule has 1 saturated carbocycles. The maximum absolute atomic E-state index is 12.0. The average molecular weight is 281 g/mol. The Bertz CT molecular complexity index is 600. The third-order valence-electron chi connectivity index (χ3n) is 2.91. The summed E-state index contributed by atoms with van der Waals surface area (Å²) in [6.07, 6.45) is 1.42. The Hall–Kier alpha value is -1.69. The zero-order valence-electron chi connectivity index (χ0n) is 10.5. The van der Waals surface area contributed by atoms with Crippen LogP contribution < -0.4 is 0 Å². The zero-order chi connectivity index (χ0) is 14.0. The van der Waals surface area contributed by atoms with Gasteiger partial charge in [0.05, 0.1) is 16.8 Å². The molecule has 1 aliphatic carbocycles. The first-order valence-corrected chi connectivity index (χ1v) is 7.61. The van der Waals surface area contributed by atoms with Crippen LogP contribution in [0.15, 0.2) is 29.2 Å². The number of nitrogens with one attached hydrogen (secondary N) is 1. The maximum Gasteiger partial charge on any atom is 0.356 e. The van der Waals surface area contributed by atoms with Gasteiger partial charge >= 0.3 is 5.97 Å². The Morgan fingerprint density at radius 3 is 2.37 bits per heavy atom. The normalized spacial score (nSPS) is 15.0. The second-order valence-corrected chi connectivity index (χ2v) is 6.59. The van der Waals surface area contributed by atoms with Crippen molar-refractivity contribution in [2.75, 3.05) is 6.61 Å². The summed E-state index contributed by atoms with van der Waals surface area (Å²) in [5, 5.41) is 7.38. The van der Waals surface area contributed by atoms with E-state index in [0.29, 0.717) is 18.4 Å². The van der Waals surface area contributed by atoms with E-state index in [4.69, 9.17) is 10.1 Å². The van der Waals surface area contributed by atoms with Crippen molar-refractivity contribution >= 4 is 21.5 Å². The van der Waals surface area contributed by atoms with Crippen molar-refractivity contribution in [2.24, 2.45) is 0 Å². The Balaban J connectivity index is 2.19. The van der Waals surface area contributed by atoms with Crippen LogP contribution in [-0.4, -0.2) is 32.0 Å². The number of carbonyl (C=O) groups is 1. The molecule has 0 radical (unpaired) electrons. The molecule has 1 aromatic carbocycles. The smallest absolute Gasteiger partial charge is 0.356 e. The number of hydrogen-bond acceptors (Lipinski definition) is 5. The largest absolute Gasteiger partial charge is 0.461 e. The highest BCUT2D eigenvalue weighted by Gasteiger charge is 2.36. The molecule has 0 spiro atoms. The van der Waals surface area contributed by atoms with Gasteiger partial charge in [0.2, 0.25) is 0 Å².